The standard InChI is InChI=1S/C18H28O6S/c1-11(19)24-10-12(9-14(20)22-5)25(21)15-13-7-8-18(4,16(15)23-6)17(13,2)3/h9,13,15-16H,7-8,10H2,1-6H3/b12-9+/t13?,15-,16-,18+,25?/m1/s1. The largest absolute Gasteiger partial charge is 0.466 e. The van der Waals surface area contributed by atoms with Gasteiger partial charge in [0.05, 0.1) is 34.2 Å². The van der Waals surface area contributed by atoms with Crippen LogP contribution in [0, 0.1) is 16.7 Å². The van der Waals surface area contributed by atoms with Crippen molar-refractivity contribution >= 4 is 22.7 Å². The molecule has 0 aliphatic heterocycles. The number of rotatable bonds is 6. The first-order chi connectivity index (χ1) is 11.6. The lowest BCUT2D eigenvalue weighted by Crippen LogP contribution is -2.43. The number of methoxy groups -OCH3 is 2. The Morgan fingerprint density at radius 2 is 1.88 bits per heavy atom. The Kier molecular flexibility index (Phi) is 5.78. The van der Waals surface area contributed by atoms with Gasteiger partial charge in [0.1, 0.15) is 6.61 Å². The molecule has 2 rings (SSSR count). The SMILES string of the molecule is COC(=O)/C=C(\COC(C)=O)S(=O)[C@@H]1C2CC[C@@](C)([C@@H]1OC)C2(C)C. The van der Waals surface area contributed by atoms with E-state index >= 15 is 0 Å². The predicted molar refractivity (Wildman–Crippen MR) is 94.1 cm³/mol. The molecule has 2 bridgehead atoms. The van der Waals surface area contributed by atoms with Crippen LogP contribution < -0.4 is 0 Å². The quantitative estimate of drug-likeness (QED) is 0.525. The summed E-state index contributed by atoms with van der Waals surface area (Å²) in [6, 6.07) is 0. The highest BCUT2D eigenvalue weighted by molar-refractivity contribution is 7.89. The Labute approximate surface area is 151 Å². The molecule has 0 aromatic heterocycles. The fraction of sp³-hybridized carbons (Fsp3) is 0.778. The zero-order chi connectivity index (χ0) is 19.0. The van der Waals surface area contributed by atoms with Crippen molar-refractivity contribution in [3.63, 3.8) is 0 Å². The van der Waals surface area contributed by atoms with E-state index in [4.69, 9.17) is 9.47 Å². The van der Waals surface area contributed by atoms with Crippen LogP contribution in [0.4, 0.5) is 0 Å². The summed E-state index contributed by atoms with van der Waals surface area (Å²) < 4.78 is 28.8. The van der Waals surface area contributed by atoms with Crippen LogP contribution in [0.25, 0.3) is 0 Å². The predicted octanol–water partition coefficient (Wildman–Crippen LogP) is 2.19. The van der Waals surface area contributed by atoms with E-state index < -0.39 is 22.7 Å². The van der Waals surface area contributed by atoms with Crippen LogP contribution in [0.5, 0.6) is 0 Å². The normalized spacial score (nSPS) is 34.6. The van der Waals surface area contributed by atoms with Gasteiger partial charge < -0.3 is 14.2 Å². The third-order valence-corrected chi connectivity index (χ3v) is 8.18. The summed E-state index contributed by atoms with van der Waals surface area (Å²) in [5.74, 6) is -0.893. The van der Waals surface area contributed by atoms with E-state index in [0.29, 0.717) is 0 Å². The van der Waals surface area contributed by atoms with Gasteiger partial charge in [0.2, 0.25) is 0 Å². The van der Waals surface area contributed by atoms with Gasteiger partial charge in [-0.25, -0.2) is 4.79 Å². The summed E-state index contributed by atoms with van der Waals surface area (Å²) in [5, 5.41) is -0.245. The summed E-state index contributed by atoms with van der Waals surface area (Å²) in [4.78, 5) is 23.1. The van der Waals surface area contributed by atoms with Crippen molar-refractivity contribution in [1.82, 2.24) is 0 Å². The third-order valence-electron chi connectivity index (χ3n) is 6.35. The Balaban J connectivity index is 2.36. The van der Waals surface area contributed by atoms with Gasteiger partial charge in [-0.15, -0.1) is 0 Å². The molecule has 2 aliphatic carbocycles. The molecule has 0 amide bonds. The van der Waals surface area contributed by atoms with E-state index in [0.717, 1.165) is 12.8 Å². The zero-order valence-corrected chi connectivity index (χ0v) is 16.6. The van der Waals surface area contributed by atoms with Crippen molar-refractivity contribution in [3.05, 3.63) is 11.0 Å². The van der Waals surface area contributed by atoms with Crippen molar-refractivity contribution in [2.75, 3.05) is 20.8 Å². The minimum atomic E-state index is -1.52. The summed E-state index contributed by atoms with van der Waals surface area (Å²) in [5.41, 5.74) is -0.101. The molecule has 0 radical (unpaired) electrons. The van der Waals surface area contributed by atoms with E-state index in [1.807, 2.05) is 0 Å². The highest BCUT2D eigenvalue weighted by atomic mass is 32.2. The average Bonchev–Trinajstić information content (AvgIpc) is 2.88. The molecule has 25 heavy (non-hydrogen) atoms. The van der Waals surface area contributed by atoms with Crippen LogP contribution in [0.2, 0.25) is 0 Å². The molecule has 0 N–H and O–H groups in total. The lowest BCUT2D eigenvalue weighted by atomic mass is 9.70. The molecule has 5 atom stereocenters. The Bertz CT molecular complexity index is 611. The van der Waals surface area contributed by atoms with Gasteiger partial charge in [0.15, 0.2) is 0 Å². The van der Waals surface area contributed by atoms with E-state index in [2.05, 4.69) is 25.5 Å². The molecule has 0 spiro atoms. The summed E-state index contributed by atoms with van der Waals surface area (Å²) in [6.07, 6.45) is 2.99. The molecule has 2 saturated carbocycles. The maximum Gasteiger partial charge on any atom is 0.331 e. The third kappa shape index (κ3) is 3.28. The molecule has 0 aromatic carbocycles. The van der Waals surface area contributed by atoms with Gasteiger partial charge >= 0.3 is 11.9 Å². The second kappa shape index (κ2) is 7.19. The Hall–Kier alpha value is -1.21. The molecule has 0 aromatic rings. The van der Waals surface area contributed by atoms with Crippen molar-refractivity contribution in [1.29, 1.82) is 0 Å². The highest BCUT2D eigenvalue weighted by Gasteiger charge is 2.68. The van der Waals surface area contributed by atoms with Crippen LogP contribution in [0.15, 0.2) is 11.0 Å². The molecule has 0 heterocycles. The number of esters is 2. The minimum absolute atomic E-state index is 0.0220. The van der Waals surface area contributed by atoms with Gasteiger partial charge in [-0.3, -0.25) is 9.00 Å². The van der Waals surface area contributed by atoms with Crippen LogP contribution >= 0.6 is 0 Å². The molecule has 2 fully saturated rings. The first-order valence-electron chi connectivity index (χ1n) is 8.45. The van der Waals surface area contributed by atoms with Gasteiger partial charge in [0, 0.05) is 25.5 Å². The summed E-state index contributed by atoms with van der Waals surface area (Å²) in [7, 11) is 1.38. The van der Waals surface area contributed by atoms with Crippen LogP contribution in [-0.4, -0.2) is 48.3 Å². The lowest BCUT2D eigenvalue weighted by Gasteiger charge is -2.39. The maximum atomic E-state index is 13.4. The van der Waals surface area contributed by atoms with Crippen molar-refractivity contribution in [3.8, 4) is 0 Å². The van der Waals surface area contributed by atoms with E-state index in [9.17, 15) is 13.8 Å². The van der Waals surface area contributed by atoms with Crippen LogP contribution in [0.1, 0.15) is 40.5 Å². The molecule has 142 valence electrons. The molecular weight excluding hydrogens is 344 g/mol. The van der Waals surface area contributed by atoms with Crippen molar-refractivity contribution in [2.24, 2.45) is 16.7 Å². The molecule has 6 nitrogen and oxygen atoms in total. The Morgan fingerprint density at radius 3 is 2.40 bits per heavy atom. The number of fused-ring (bicyclic) bond motifs is 2. The molecule has 2 aliphatic rings. The molecular formula is C18H28O6S. The summed E-state index contributed by atoms with van der Waals surface area (Å²) in [6.45, 7) is 7.67. The van der Waals surface area contributed by atoms with Gasteiger partial charge in [-0.05, 0) is 24.2 Å². The fourth-order valence-corrected chi connectivity index (χ4v) is 6.72. The Morgan fingerprint density at radius 1 is 1.24 bits per heavy atom. The fourth-order valence-electron chi connectivity index (χ4n) is 4.57. The first kappa shape index (κ1) is 20.1. The molecule has 2 unspecified atom stereocenters. The zero-order valence-electron chi connectivity index (χ0n) is 15.8. The number of ether oxygens (including phenoxy) is 3. The lowest BCUT2D eigenvalue weighted by molar-refractivity contribution is -0.140. The second-order valence-electron chi connectivity index (χ2n) is 7.62. The first-order valence-corrected chi connectivity index (χ1v) is 9.66. The van der Waals surface area contributed by atoms with Crippen LogP contribution in [-0.2, 0) is 34.6 Å². The number of carbonyl (C=O) groups is 2. The molecule has 0 saturated heterocycles. The van der Waals surface area contributed by atoms with Gasteiger partial charge in [0.25, 0.3) is 0 Å². The maximum absolute atomic E-state index is 13.4. The van der Waals surface area contributed by atoms with Crippen molar-refractivity contribution in [2.45, 2.75) is 51.9 Å². The van der Waals surface area contributed by atoms with Crippen molar-refractivity contribution < 1.29 is 28.0 Å². The highest BCUT2D eigenvalue weighted by Crippen LogP contribution is 2.67. The van der Waals surface area contributed by atoms with E-state index in [1.165, 1.54) is 20.1 Å². The van der Waals surface area contributed by atoms with Crippen LogP contribution in [0.3, 0.4) is 0 Å². The molecule has 7 heteroatoms. The number of hydrogen-bond donors (Lipinski definition) is 0. The average molecular weight is 372 g/mol. The smallest absolute Gasteiger partial charge is 0.331 e. The second-order valence-corrected chi connectivity index (χ2v) is 9.28. The minimum Gasteiger partial charge on any atom is -0.466 e. The number of carbonyl (C=O) groups excluding carboxylic acids is 2. The van der Waals surface area contributed by atoms with E-state index in [-0.39, 0.29) is 39.6 Å². The monoisotopic (exact) mass is 372 g/mol. The summed E-state index contributed by atoms with van der Waals surface area (Å²) >= 11 is 0. The van der Waals surface area contributed by atoms with Gasteiger partial charge in [-0.2, -0.15) is 0 Å². The van der Waals surface area contributed by atoms with Gasteiger partial charge in [-0.1, -0.05) is 20.8 Å². The topological polar surface area (TPSA) is 78.9 Å². The van der Waals surface area contributed by atoms with E-state index in [1.54, 1.807) is 7.11 Å². The number of hydrogen-bond acceptors (Lipinski definition) is 6.